The maximum Gasteiger partial charge on any atom is 0.338 e. The Kier molecular flexibility index (Phi) is 11.5. The van der Waals surface area contributed by atoms with Crippen LogP contribution in [0.4, 0.5) is 0 Å². The normalized spacial score (nSPS) is 14.8. The van der Waals surface area contributed by atoms with Crippen molar-refractivity contribution in [3.8, 4) is 23.0 Å². The fraction of sp³-hybridized carbons (Fsp3) is 0.406. The molecule has 0 amide bonds. The predicted octanol–water partition coefficient (Wildman–Crippen LogP) is 4.62. The molecule has 0 bridgehead atoms. The molecule has 1 aliphatic rings. The maximum atomic E-state index is 14.2. The number of hydrogen-bond acceptors (Lipinski definition) is 10. The van der Waals surface area contributed by atoms with E-state index in [-0.39, 0.29) is 30.5 Å². The predicted molar refractivity (Wildman–Crippen MR) is 177 cm³/mol. The zero-order chi connectivity index (χ0) is 32.0. The summed E-state index contributed by atoms with van der Waals surface area (Å²) >= 11 is 3.45. The van der Waals surface area contributed by atoms with Crippen molar-refractivity contribution in [3.63, 3.8) is 0 Å². The molecule has 0 saturated carbocycles. The number of ether oxygens (including phenoxy) is 6. The van der Waals surface area contributed by atoms with Crippen LogP contribution in [0.25, 0.3) is 6.08 Å². The van der Waals surface area contributed by atoms with Crippen LogP contribution in [0, 0.1) is 3.57 Å². The highest BCUT2D eigenvalue weighted by atomic mass is 127. The van der Waals surface area contributed by atoms with Crippen molar-refractivity contribution in [2.24, 2.45) is 4.99 Å². The van der Waals surface area contributed by atoms with Crippen LogP contribution in [0.5, 0.6) is 23.0 Å². The van der Waals surface area contributed by atoms with Crippen LogP contribution in [0.1, 0.15) is 51.8 Å². The lowest BCUT2D eigenvalue weighted by molar-refractivity contribution is -0.140. The van der Waals surface area contributed by atoms with E-state index in [2.05, 4.69) is 22.6 Å². The van der Waals surface area contributed by atoms with E-state index < -0.39 is 12.0 Å². The van der Waals surface area contributed by atoms with Gasteiger partial charge in [0.2, 0.25) is 0 Å². The zero-order valence-electron chi connectivity index (χ0n) is 25.9. The molecule has 2 heterocycles. The number of fused-ring (bicyclic) bond motifs is 1. The van der Waals surface area contributed by atoms with E-state index >= 15 is 0 Å². The third-order valence-corrected chi connectivity index (χ3v) is 8.34. The number of allylic oxidation sites excluding steroid dienone is 1. The van der Waals surface area contributed by atoms with Gasteiger partial charge in [0.15, 0.2) is 27.8 Å². The van der Waals surface area contributed by atoms with Crippen molar-refractivity contribution in [1.82, 2.24) is 4.57 Å². The van der Waals surface area contributed by atoms with Gasteiger partial charge in [0.1, 0.15) is 12.6 Å². The molecule has 44 heavy (non-hydrogen) atoms. The Labute approximate surface area is 274 Å². The summed E-state index contributed by atoms with van der Waals surface area (Å²) < 4.78 is 37.0. The van der Waals surface area contributed by atoms with Gasteiger partial charge in [-0.15, -0.1) is 0 Å². The number of carbonyl (C=O) groups excluding carboxylic acids is 1. The Bertz CT molecular complexity index is 1730. The van der Waals surface area contributed by atoms with Crippen LogP contribution >= 0.6 is 33.9 Å². The van der Waals surface area contributed by atoms with Gasteiger partial charge in [-0.25, -0.2) is 9.79 Å². The van der Waals surface area contributed by atoms with Gasteiger partial charge in [-0.2, -0.15) is 0 Å². The van der Waals surface area contributed by atoms with Crippen molar-refractivity contribution >= 4 is 46.0 Å². The minimum absolute atomic E-state index is 0.0333. The summed E-state index contributed by atoms with van der Waals surface area (Å²) in [6.45, 7) is 10.5. The van der Waals surface area contributed by atoms with E-state index in [9.17, 15) is 9.59 Å². The number of benzene rings is 2. The van der Waals surface area contributed by atoms with E-state index in [1.807, 2.05) is 45.9 Å². The number of hydrogen-bond donors (Lipinski definition) is 0. The Hall–Kier alpha value is -3.36. The molecule has 4 rings (SSSR count). The van der Waals surface area contributed by atoms with Crippen LogP contribution in [-0.2, 0) is 14.3 Å². The molecule has 1 atom stereocenters. The first-order valence-electron chi connectivity index (χ1n) is 14.3. The molecule has 0 spiro atoms. The van der Waals surface area contributed by atoms with Crippen LogP contribution in [-0.4, -0.2) is 57.3 Å². The smallest absolute Gasteiger partial charge is 0.338 e. The topological polar surface area (TPSA) is 107 Å². The van der Waals surface area contributed by atoms with Crippen LogP contribution < -0.4 is 33.8 Å². The first kappa shape index (κ1) is 33.5. The number of para-hydroxylation sites is 1. The second-order valence-corrected chi connectivity index (χ2v) is 12.1. The molecule has 1 aromatic heterocycles. The molecule has 0 aliphatic carbocycles. The van der Waals surface area contributed by atoms with Gasteiger partial charge in [-0.1, -0.05) is 23.5 Å². The molecule has 0 unspecified atom stereocenters. The second kappa shape index (κ2) is 15.1. The molecule has 0 saturated heterocycles. The number of nitrogens with zero attached hydrogens (tertiary/aromatic N) is 2. The van der Waals surface area contributed by atoms with Gasteiger partial charge in [0, 0.05) is 12.7 Å². The largest absolute Gasteiger partial charge is 0.493 e. The van der Waals surface area contributed by atoms with Crippen molar-refractivity contribution in [2.45, 2.75) is 46.8 Å². The highest BCUT2D eigenvalue weighted by Crippen LogP contribution is 2.41. The number of halogens is 1. The van der Waals surface area contributed by atoms with Gasteiger partial charge < -0.3 is 28.4 Å². The summed E-state index contributed by atoms with van der Waals surface area (Å²) in [6, 6.07) is 8.32. The number of thiazole rings is 1. The summed E-state index contributed by atoms with van der Waals surface area (Å²) in [7, 11) is 3.07. The average molecular weight is 737 g/mol. The van der Waals surface area contributed by atoms with Gasteiger partial charge in [0.25, 0.3) is 5.56 Å². The lowest BCUT2D eigenvalue weighted by atomic mass is 9.94. The first-order chi connectivity index (χ1) is 21.1. The molecular formula is C32H37IN2O8S. The quantitative estimate of drug-likeness (QED) is 0.142. The Morgan fingerprint density at radius 3 is 2.50 bits per heavy atom. The summed E-state index contributed by atoms with van der Waals surface area (Å²) in [5.41, 5.74) is 1.71. The lowest BCUT2D eigenvalue weighted by Crippen LogP contribution is -2.40. The fourth-order valence-electron chi connectivity index (χ4n) is 4.82. The summed E-state index contributed by atoms with van der Waals surface area (Å²) in [5, 5.41) is 0. The molecule has 2 aromatic carbocycles. The lowest BCUT2D eigenvalue weighted by Gasteiger charge is -2.27. The minimum atomic E-state index is -0.874. The SMILES string of the molecule is CCOc1cc(/C=c2/sc3n(c2=O)[C@@H](c2cccc(OC)c2OCC)C(C(=O)OCCOC)=C(C)N=3)cc(I)c1OC(C)C. The molecule has 10 nitrogen and oxygen atoms in total. The van der Waals surface area contributed by atoms with Gasteiger partial charge in [-0.05, 0) is 87.0 Å². The van der Waals surface area contributed by atoms with Gasteiger partial charge in [0.05, 0.1) is 52.4 Å². The van der Waals surface area contributed by atoms with Crippen molar-refractivity contribution in [1.29, 1.82) is 0 Å². The fourth-order valence-corrected chi connectivity index (χ4v) is 6.61. The van der Waals surface area contributed by atoms with E-state index in [1.54, 1.807) is 32.2 Å². The second-order valence-electron chi connectivity index (χ2n) is 9.95. The van der Waals surface area contributed by atoms with Crippen molar-refractivity contribution in [3.05, 3.63) is 76.0 Å². The van der Waals surface area contributed by atoms with Crippen molar-refractivity contribution < 1.29 is 33.2 Å². The molecule has 3 aromatic rings. The Balaban J connectivity index is 1.95. The minimum Gasteiger partial charge on any atom is -0.493 e. The molecule has 0 radical (unpaired) electrons. The van der Waals surface area contributed by atoms with Crippen LogP contribution in [0.2, 0.25) is 0 Å². The highest BCUT2D eigenvalue weighted by Gasteiger charge is 2.36. The number of rotatable bonds is 13. The van der Waals surface area contributed by atoms with E-state index in [0.717, 1.165) is 9.13 Å². The Morgan fingerprint density at radius 1 is 1.09 bits per heavy atom. The first-order valence-corrected chi connectivity index (χ1v) is 16.2. The number of esters is 1. The van der Waals surface area contributed by atoms with Gasteiger partial charge >= 0.3 is 5.97 Å². The number of carbonyl (C=O) groups is 1. The average Bonchev–Trinajstić information content (AvgIpc) is 3.28. The third kappa shape index (κ3) is 7.13. The van der Waals surface area contributed by atoms with Crippen LogP contribution in [0.3, 0.4) is 0 Å². The third-order valence-electron chi connectivity index (χ3n) is 6.56. The monoisotopic (exact) mass is 736 g/mol. The summed E-state index contributed by atoms with van der Waals surface area (Å²) in [4.78, 5) is 32.9. The number of methoxy groups -OCH3 is 2. The van der Waals surface area contributed by atoms with Crippen molar-refractivity contribution in [2.75, 3.05) is 40.6 Å². The zero-order valence-corrected chi connectivity index (χ0v) is 28.9. The summed E-state index contributed by atoms with van der Waals surface area (Å²) in [6.07, 6.45) is 1.77. The van der Waals surface area contributed by atoms with E-state index in [1.165, 1.54) is 23.0 Å². The Morgan fingerprint density at radius 2 is 1.84 bits per heavy atom. The van der Waals surface area contributed by atoms with E-state index in [0.29, 0.717) is 56.8 Å². The molecule has 236 valence electrons. The molecule has 1 aliphatic heterocycles. The highest BCUT2D eigenvalue weighted by molar-refractivity contribution is 14.1. The molecule has 0 N–H and O–H groups in total. The van der Waals surface area contributed by atoms with E-state index in [4.69, 9.17) is 33.4 Å². The molecule has 0 fully saturated rings. The standard InChI is InChI=1S/C32H37IN2O8S/c1-8-40-24-16-20(15-22(33)29(24)43-18(3)4)17-25-30(36)35-27(21-11-10-12-23(39-7)28(21)41-9-2)26(19(5)34-32(35)44-25)31(37)42-14-13-38-6/h10-12,15-18,27H,8-9,13-14H2,1-7H3/b25-17+/t27-/m0/s1. The summed E-state index contributed by atoms with van der Waals surface area (Å²) in [5.74, 6) is 1.58. The maximum absolute atomic E-state index is 14.2. The van der Waals surface area contributed by atoms with Crippen LogP contribution in [0.15, 0.2) is 51.4 Å². The molecular weight excluding hydrogens is 699 g/mol. The van der Waals surface area contributed by atoms with Gasteiger partial charge in [-0.3, -0.25) is 9.36 Å². The molecule has 12 heteroatoms. The number of aromatic nitrogens is 1.